The van der Waals surface area contributed by atoms with Crippen LogP contribution in [0.3, 0.4) is 0 Å². The van der Waals surface area contributed by atoms with Gasteiger partial charge in [-0.15, -0.1) is 0 Å². The van der Waals surface area contributed by atoms with Crippen LogP contribution in [0.4, 0.5) is 5.82 Å². The number of carbonyl (C=O) groups is 1. The summed E-state index contributed by atoms with van der Waals surface area (Å²) in [6, 6.07) is 12.2. The molecule has 0 saturated carbocycles. The van der Waals surface area contributed by atoms with Crippen molar-refractivity contribution in [1.29, 1.82) is 0 Å². The first-order chi connectivity index (χ1) is 9.15. The van der Waals surface area contributed by atoms with E-state index in [4.69, 9.17) is 23.8 Å². The molecule has 1 aromatic carbocycles. The number of thiocarbonyl (C=S) groups is 1. The number of hydrogen-bond donors (Lipinski definition) is 2. The number of aromatic nitrogens is 1. The molecule has 0 aliphatic rings. The number of amides is 1. The summed E-state index contributed by atoms with van der Waals surface area (Å²) in [5, 5.41) is 6.08. The van der Waals surface area contributed by atoms with Crippen LogP contribution in [0.1, 0.15) is 10.4 Å². The Hall–Kier alpha value is -1.98. The number of hydrogen-bond acceptors (Lipinski definition) is 3. The molecule has 0 radical (unpaired) electrons. The van der Waals surface area contributed by atoms with Gasteiger partial charge in [0.05, 0.1) is 5.02 Å². The molecule has 2 rings (SSSR count). The monoisotopic (exact) mass is 291 g/mol. The first-order valence-corrected chi connectivity index (χ1v) is 6.23. The first-order valence-electron chi connectivity index (χ1n) is 5.44. The van der Waals surface area contributed by atoms with Gasteiger partial charge in [0.1, 0.15) is 5.82 Å². The molecule has 96 valence electrons. The molecule has 0 atom stereocenters. The second kappa shape index (κ2) is 6.26. The summed E-state index contributed by atoms with van der Waals surface area (Å²) in [6.07, 6.45) is 1.49. The summed E-state index contributed by atoms with van der Waals surface area (Å²) in [7, 11) is 0. The minimum Gasteiger partial charge on any atom is -0.317 e. The lowest BCUT2D eigenvalue weighted by Gasteiger charge is -2.08. The Morgan fingerprint density at radius 2 is 1.89 bits per heavy atom. The molecule has 2 N–H and O–H groups in total. The van der Waals surface area contributed by atoms with Crippen LogP contribution < -0.4 is 10.6 Å². The number of halogens is 1. The summed E-state index contributed by atoms with van der Waals surface area (Å²) in [4.78, 5) is 15.8. The first kappa shape index (κ1) is 13.5. The van der Waals surface area contributed by atoms with Crippen LogP contribution in [-0.4, -0.2) is 16.0 Å². The third-order valence-corrected chi connectivity index (χ3v) is 2.66. The smallest absolute Gasteiger partial charge is 0.257 e. The van der Waals surface area contributed by atoms with Crippen LogP contribution >= 0.6 is 23.8 Å². The van der Waals surface area contributed by atoms with E-state index in [0.717, 1.165) is 0 Å². The Kier molecular flexibility index (Phi) is 4.43. The number of benzene rings is 1. The highest BCUT2D eigenvalue weighted by atomic mass is 35.5. The number of nitrogens with one attached hydrogen (secondary N) is 2. The normalized spacial score (nSPS) is 9.74. The second-order valence-electron chi connectivity index (χ2n) is 3.64. The Labute approximate surface area is 120 Å². The van der Waals surface area contributed by atoms with Gasteiger partial charge in [-0.3, -0.25) is 10.1 Å². The van der Waals surface area contributed by atoms with Gasteiger partial charge >= 0.3 is 0 Å². The lowest BCUT2D eigenvalue weighted by Crippen LogP contribution is -2.34. The van der Waals surface area contributed by atoms with Crippen molar-refractivity contribution in [3.05, 3.63) is 59.2 Å². The van der Waals surface area contributed by atoms with Crippen LogP contribution in [0.25, 0.3) is 0 Å². The van der Waals surface area contributed by atoms with Crippen molar-refractivity contribution in [3.63, 3.8) is 0 Å². The largest absolute Gasteiger partial charge is 0.317 e. The summed E-state index contributed by atoms with van der Waals surface area (Å²) in [6.45, 7) is 0. The molecule has 1 aromatic heterocycles. The highest BCUT2D eigenvalue weighted by molar-refractivity contribution is 7.80. The van der Waals surface area contributed by atoms with Crippen molar-refractivity contribution in [2.75, 3.05) is 5.32 Å². The molecule has 0 spiro atoms. The number of pyridine rings is 1. The number of anilines is 1. The number of carbonyl (C=O) groups excluding carboxylic acids is 1. The Balaban J connectivity index is 1.95. The van der Waals surface area contributed by atoms with E-state index in [1.54, 1.807) is 36.4 Å². The van der Waals surface area contributed by atoms with Gasteiger partial charge in [0.15, 0.2) is 5.11 Å². The van der Waals surface area contributed by atoms with Gasteiger partial charge in [-0.2, -0.15) is 0 Å². The maximum absolute atomic E-state index is 11.8. The SMILES string of the molecule is O=C(NC(=S)Nc1ccc(Cl)cn1)c1ccccc1. The minimum atomic E-state index is -0.271. The zero-order valence-electron chi connectivity index (χ0n) is 9.76. The molecule has 0 fully saturated rings. The Morgan fingerprint density at radius 3 is 2.53 bits per heavy atom. The van der Waals surface area contributed by atoms with Crippen LogP contribution in [0, 0.1) is 0 Å². The molecule has 0 aliphatic carbocycles. The molecular weight excluding hydrogens is 282 g/mol. The molecule has 1 heterocycles. The molecule has 0 aliphatic heterocycles. The molecule has 0 bridgehead atoms. The zero-order chi connectivity index (χ0) is 13.7. The van der Waals surface area contributed by atoms with Gasteiger partial charge in [0.25, 0.3) is 5.91 Å². The lowest BCUT2D eigenvalue weighted by atomic mass is 10.2. The maximum Gasteiger partial charge on any atom is 0.257 e. The van der Waals surface area contributed by atoms with E-state index in [-0.39, 0.29) is 11.0 Å². The van der Waals surface area contributed by atoms with Gasteiger partial charge in [0.2, 0.25) is 0 Å². The topological polar surface area (TPSA) is 54.0 Å². The average molecular weight is 292 g/mol. The molecule has 0 unspecified atom stereocenters. The van der Waals surface area contributed by atoms with E-state index >= 15 is 0 Å². The van der Waals surface area contributed by atoms with Crippen LogP contribution in [0.15, 0.2) is 48.7 Å². The maximum atomic E-state index is 11.8. The molecule has 19 heavy (non-hydrogen) atoms. The van der Waals surface area contributed by atoms with E-state index in [1.165, 1.54) is 6.20 Å². The predicted molar refractivity (Wildman–Crippen MR) is 79.4 cm³/mol. The minimum absolute atomic E-state index is 0.184. The third-order valence-electron chi connectivity index (χ3n) is 2.23. The van der Waals surface area contributed by atoms with E-state index in [2.05, 4.69) is 15.6 Å². The van der Waals surface area contributed by atoms with E-state index in [9.17, 15) is 4.79 Å². The molecule has 1 amide bonds. The quantitative estimate of drug-likeness (QED) is 0.836. The highest BCUT2D eigenvalue weighted by Gasteiger charge is 2.07. The van der Waals surface area contributed by atoms with Crippen molar-refractivity contribution >= 4 is 40.7 Å². The summed E-state index contributed by atoms with van der Waals surface area (Å²) >= 11 is 10.7. The fraction of sp³-hybridized carbons (Fsp3) is 0. The van der Waals surface area contributed by atoms with Crippen molar-refractivity contribution < 1.29 is 4.79 Å². The van der Waals surface area contributed by atoms with Gasteiger partial charge < -0.3 is 5.32 Å². The predicted octanol–water partition coefficient (Wildman–Crippen LogP) is 2.86. The number of nitrogens with zero attached hydrogens (tertiary/aromatic N) is 1. The summed E-state index contributed by atoms with van der Waals surface area (Å²) in [5.74, 6) is 0.245. The van der Waals surface area contributed by atoms with Crippen molar-refractivity contribution in [2.45, 2.75) is 0 Å². The van der Waals surface area contributed by atoms with Gasteiger partial charge in [0, 0.05) is 11.8 Å². The average Bonchev–Trinajstić information content (AvgIpc) is 2.42. The summed E-state index contributed by atoms with van der Waals surface area (Å²) < 4.78 is 0. The van der Waals surface area contributed by atoms with Crippen molar-refractivity contribution in [2.24, 2.45) is 0 Å². The molecule has 6 heteroatoms. The standard InChI is InChI=1S/C13H10ClN3OS/c14-10-6-7-11(15-8-10)16-13(19)17-12(18)9-4-2-1-3-5-9/h1-8H,(H2,15,16,17,18,19). The summed E-state index contributed by atoms with van der Waals surface area (Å²) in [5.41, 5.74) is 0.538. The molecular formula is C13H10ClN3OS. The van der Waals surface area contributed by atoms with Gasteiger partial charge in [-0.1, -0.05) is 29.8 Å². The van der Waals surface area contributed by atoms with Crippen LogP contribution in [-0.2, 0) is 0 Å². The van der Waals surface area contributed by atoms with E-state index in [1.807, 2.05) is 6.07 Å². The van der Waals surface area contributed by atoms with E-state index < -0.39 is 0 Å². The Morgan fingerprint density at radius 1 is 1.16 bits per heavy atom. The van der Waals surface area contributed by atoms with Crippen LogP contribution in [0.5, 0.6) is 0 Å². The molecule has 0 saturated heterocycles. The third kappa shape index (κ3) is 4.01. The molecule has 2 aromatic rings. The molecule has 4 nitrogen and oxygen atoms in total. The van der Waals surface area contributed by atoms with Crippen LogP contribution in [0.2, 0.25) is 5.02 Å². The zero-order valence-corrected chi connectivity index (χ0v) is 11.3. The Bertz CT molecular complexity index is 587. The fourth-order valence-corrected chi connectivity index (χ4v) is 1.67. The van der Waals surface area contributed by atoms with E-state index in [0.29, 0.717) is 16.4 Å². The highest BCUT2D eigenvalue weighted by Crippen LogP contribution is 2.09. The fourth-order valence-electron chi connectivity index (χ4n) is 1.36. The second-order valence-corrected chi connectivity index (χ2v) is 4.48. The van der Waals surface area contributed by atoms with Gasteiger partial charge in [-0.05, 0) is 36.5 Å². The van der Waals surface area contributed by atoms with Gasteiger partial charge in [-0.25, -0.2) is 4.98 Å². The lowest BCUT2D eigenvalue weighted by molar-refractivity contribution is 0.0978. The number of rotatable bonds is 2. The van der Waals surface area contributed by atoms with Crippen molar-refractivity contribution in [3.8, 4) is 0 Å². The van der Waals surface area contributed by atoms with Crippen molar-refractivity contribution in [1.82, 2.24) is 10.3 Å².